The molecule has 3 heteroatoms. The standard InChI is InChI=1S/C17H24N2O/c1-11(2)10-15-16(12(3)4)17(20)19(18-15)14-8-6-13(5)7-9-14/h6-9,11-12,20H,10H2,1-5H3. The molecule has 1 aromatic heterocycles. The monoisotopic (exact) mass is 272 g/mol. The molecule has 0 spiro atoms. The van der Waals surface area contributed by atoms with Gasteiger partial charge in [-0.25, -0.2) is 4.68 Å². The van der Waals surface area contributed by atoms with Gasteiger partial charge in [0.15, 0.2) is 0 Å². The third-order valence-electron chi connectivity index (χ3n) is 3.43. The van der Waals surface area contributed by atoms with Crippen LogP contribution in [0.15, 0.2) is 24.3 Å². The minimum absolute atomic E-state index is 0.267. The molecule has 0 aliphatic heterocycles. The highest BCUT2D eigenvalue weighted by Crippen LogP contribution is 2.32. The van der Waals surface area contributed by atoms with Crippen molar-refractivity contribution in [3.05, 3.63) is 41.1 Å². The molecule has 0 saturated carbocycles. The van der Waals surface area contributed by atoms with Crippen LogP contribution in [0, 0.1) is 12.8 Å². The summed E-state index contributed by atoms with van der Waals surface area (Å²) >= 11 is 0. The number of benzene rings is 1. The molecule has 2 aromatic rings. The Morgan fingerprint density at radius 1 is 1.10 bits per heavy atom. The molecule has 1 heterocycles. The van der Waals surface area contributed by atoms with Crippen LogP contribution < -0.4 is 0 Å². The predicted octanol–water partition coefficient (Wildman–Crippen LogP) is 4.21. The number of aromatic nitrogens is 2. The number of nitrogens with zero attached hydrogens (tertiary/aromatic N) is 2. The van der Waals surface area contributed by atoms with Crippen LogP contribution in [-0.2, 0) is 6.42 Å². The second kappa shape index (κ2) is 5.70. The Morgan fingerprint density at radius 3 is 2.20 bits per heavy atom. The minimum atomic E-state index is 0.267. The smallest absolute Gasteiger partial charge is 0.217 e. The summed E-state index contributed by atoms with van der Waals surface area (Å²) in [7, 11) is 0. The molecule has 0 radical (unpaired) electrons. The maximum atomic E-state index is 10.5. The van der Waals surface area contributed by atoms with Crippen molar-refractivity contribution >= 4 is 0 Å². The van der Waals surface area contributed by atoms with Crippen molar-refractivity contribution in [1.82, 2.24) is 9.78 Å². The summed E-state index contributed by atoms with van der Waals surface area (Å²) in [6.07, 6.45) is 0.889. The zero-order valence-corrected chi connectivity index (χ0v) is 13.0. The number of hydrogen-bond donors (Lipinski definition) is 1. The van der Waals surface area contributed by atoms with Gasteiger partial charge in [0.1, 0.15) is 0 Å². The first-order valence-electron chi connectivity index (χ1n) is 7.28. The molecule has 1 aromatic carbocycles. The van der Waals surface area contributed by atoms with Crippen LogP contribution in [0.3, 0.4) is 0 Å². The fourth-order valence-corrected chi connectivity index (χ4v) is 2.46. The lowest BCUT2D eigenvalue weighted by Gasteiger charge is -2.08. The van der Waals surface area contributed by atoms with Crippen LogP contribution in [-0.4, -0.2) is 14.9 Å². The Hall–Kier alpha value is -1.77. The molecule has 108 valence electrons. The fraction of sp³-hybridized carbons (Fsp3) is 0.471. The van der Waals surface area contributed by atoms with E-state index in [2.05, 4.69) is 39.7 Å². The molecule has 0 aliphatic rings. The molecule has 0 aliphatic carbocycles. The first kappa shape index (κ1) is 14.6. The van der Waals surface area contributed by atoms with Gasteiger partial charge in [-0.15, -0.1) is 0 Å². The quantitative estimate of drug-likeness (QED) is 0.905. The molecular weight excluding hydrogens is 248 g/mol. The molecule has 3 nitrogen and oxygen atoms in total. The molecule has 0 amide bonds. The number of aromatic hydroxyl groups is 1. The van der Waals surface area contributed by atoms with Crippen molar-refractivity contribution in [3.63, 3.8) is 0 Å². The lowest BCUT2D eigenvalue weighted by molar-refractivity contribution is 0.425. The second-order valence-electron chi connectivity index (χ2n) is 6.18. The largest absolute Gasteiger partial charge is 0.493 e. The van der Waals surface area contributed by atoms with E-state index in [0.717, 1.165) is 23.4 Å². The van der Waals surface area contributed by atoms with E-state index in [4.69, 9.17) is 0 Å². The molecule has 0 fully saturated rings. The summed E-state index contributed by atoms with van der Waals surface area (Å²) in [5.41, 5.74) is 4.09. The van der Waals surface area contributed by atoms with Gasteiger partial charge in [0.05, 0.1) is 11.4 Å². The first-order chi connectivity index (χ1) is 9.40. The van der Waals surface area contributed by atoms with Crippen molar-refractivity contribution in [2.45, 2.75) is 47.0 Å². The highest BCUT2D eigenvalue weighted by Gasteiger charge is 2.21. The topological polar surface area (TPSA) is 38.0 Å². The van der Waals surface area contributed by atoms with Gasteiger partial charge in [-0.1, -0.05) is 45.4 Å². The van der Waals surface area contributed by atoms with Gasteiger partial charge in [0, 0.05) is 5.56 Å². The molecule has 0 atom stereocenters. The first-order valence-corrected chi connectivity index (χ1v) is 7.28. The average Bonchev–Trinajstić information content (AvgIpc) is 2.66. The van der Waals surface area contributed by atoms with Crippen molar-refractivity contribution in [2.75, 3.05) is 0 Å². The van der Waals surface area contributed by atoms with Crippen molar-refractivity contribution in [3.8, 4) is 11.6 Å². The Bertz CT molecular complexity index is 580. The fourth-order valence-electron chi connectivity index (χ4n) is 2.46. The number of aryl methyl sites for hydroxylation is 1. The maximum Gasteiger partial charge on any atom is 0.217 e. The third kappa shape index (κ3) is 2.87. The predicted molar refractivity (Wildman–Crippen MR) is 82.6 cm³/mol. The van der Waals surface area contributed by atoms with Crippen molar-refractivity contribution in [1.29, 1.82) is 0 Å². The van der Waals surface area contributed by atoms with Gasteiger partial charge < -0.3 is 5.11 Å². The lowest BCUT2D eigenvalue weighted by Crippen LogP contribution is -2.00. The zero-order chi connectivity index (χ0) is 14.9. The molecule has 0 saturated heterocycles. The van der Waals surface area contributed by atoms with E-state index in [1.54, 1.807) is 4.68 Å². The molecule has 20 heavy (non-hydrogen) atoms. The Morgan fingerprint density at radius 2 is 1.70 bits per heavy atom. The summed E-state index contributed by atoms with van der Waals surface area (Å²) in [6.45, 7) is 10.6. The molecular formula is C17H24N2O. The van der Waals surface area contributed by atoms with Gasteiger partial charge in [0.2, 0.25) is 5.88 Å². The van der Waals surface area contributed by atoms with E-state index >= 15 is 0 Å². The Kier molecular flexibility index (Phi) is 4.17. The van der Waals surface area contributed by atoms with Gasteiger partial charge in [0.25, 0.3) is 0 Å². The maximum absolute atomic E-state index is 10.5. The van der Waals surface area contributed by atoms with Crippen LogP contribution >= 0.6 is 0 Å². The SMILES string of the molecule is Cc1ccc(-n2nc(CC(C)C)c(C(C)C)c2O)cc1. The Balaban J connectivity index is 2.51. The van der Waals surface area contributed by atoms with Crippen molar-refractivity contribution in [2.24, 2.45) is 5.92 Å². The highest BCUT2D eigenvalue weighted by atomic mass is 16.3. The van der Waals surface area contributed by atoms with E-state index in [0.29, 0.717) is 5.92 Å². The minimum Gasteiger partial charge on any atom is -0.493 e. The van der Waals surface area contributed by atoms with E-state index in [1.807, 2.05) is 24.3 Å². The summed E-state index contributed by atoms with van der Waals surface area (Å²) in [5.74, 6) is 1.07. The summed E-state index contributed by atoms with van der Waals surface area (Å²) in [6, 6.07) is 8.05. The van der Waals surface area contributed by atoms with Gasteiger partial charge >= 0.3 is 0 Å². The molecule has 0 bridgehead atoms. The summed E-state index contributed by atoms with van der Waals surface area (Å²) in [5, 5.41) is 15.2. The summed E-state index contributed by atoms with van der Waals surface area (Å²) in [4.78, 5) is 0. The second-order valence-corrected chi connectivity index (χ2v) is 6.18. The van der Waals surface area contributed by atoms with E-state index in [1.165, 1.54) is 5.56 Å². The molecule has 1 N–H and O–H groups in total. The van der Waals surface area contributed by atoms with Gasteiger partial charge in [-0.3, -0.25) is 0 Å². The van der Waals surface area contributed by atoms with E-state index < -0.39 is 0 Å². The van der Waals surface area contributed by atoms with Crippen LogP contribution in [0.2, 0.25) is 0 Å². The number of hydrogen-bond acceptors (Lipinski definition) is 2. The number of rotatable bonds is 4. The normalized spacial score (nSPS) is 11.6. The third-order valence-corrected chi connectivity index (χ3v) is 3.43. The molecule has 2 rings (SSSR count). The van der Waals surface area contributed by atoms with Gasteiger partial charge in [-0.05, 0) is 37.3 Å². The van der Waals surface area contributed by atoms with Crippen LogP contribution in [0.25, 0.3) is 5.69 Å². The average molecular weight is 272 g/mol. The van der Waals surface area contributed by atoms with Crippen LogP contribution in [0.1, 0.15) is 50.4 Å². The van der Waals surface area contributed by atoms with E-state index in [9.17, 15) is 5.11 Å². The van der Waals surface area contributed by atoms with Crippen LogP contribution in [0.4, 0.5) is 0 Å². The summed E-state index contributed by atoms with van der Waals surface area (Å²) < 4.78 is 1.66. The highest BCUT2D eigenvalue weighted by molar-refractivity contribution is 5.43. The Labute approximate surface area is 121 Å². The lowest BCUT2D eigenvalue weighted by atomic mass is 9.98. The zero-order valence-electron chi connectivity index (χ0n) is 13.0. The molecule has 0 unspecified atom stereocenters. The van der Waals surface area contributed by atoms with Crippen LogP contribution in [0.5, 0.6) is 5.88 Å². The van der Waals surface area contributed by atoms with Crippen molar-refractivity contribution < 1.29 is 5.11 Å². The van der Waals surface area contributed by atoms with E-state index in [-0.39, 0.29) is 11.8 Å². The van der Waals surface area contributed by atoms with Gasteiger partial charge in [-0.2, -0.15) is 5.10 Å².